The Hall–Kier alpha value is -2.14. The summed E-state index contributed by atoms with van der Waals surface area (Å²) in [5, 5.41) is 6.79. The third kappa shape index (κ3) is 3.66. The number of rotatable bonds is 5. The number of aryl methyl sites for hydroxylation is 1. The van der Waals surface area contributed by atoms with Crippen molar-refractivity contribution in [3.8, 4) is 0 Å². The first kappa shape index (κ1) is 13.3. The monoisotopic (exact) mass is 258 g/mol. The van der Waals surface area contributed by atoms with E-state index in [0.717, 1.165) is 5.56 Å². The SMILES string of the molecule is Cn1nccc1NC(=O)CCC(N)c1ccccc1. The van der Waals surface area contributed by atoms with Gasteiger partial charge in [-0.3, -0.25) is 9.48 Å². The number of amides is 1. The summed E-state index contributed by atoms with van der Waals surface area (Å²) in [5.74, 6) is 0.647. The van der Waals surface area contributed by atoms with Crippen LogP contribution in [0, 0.1) is 0 Å². The molecule has 0 fully saturated rings. The van der Waals surface area contributed by atoms with E-state index in [4.69, 9.17) is 5.73 Å². The molecule has 1 heterocycles. The second kappa shape index (κ2) is 6.15. The molecule has 1 amide bonds. The Balaban J connectivity index is 1.82. The second-order valence-corrected chi connectivity index (χ2v) is 4.44. The molecule has 3 N–H and O–H groups in total. The molecule has 1 atom stereocenters. The van der Waals surface area contributed by atoms with Crippen molar-refractivity contribution in [2.24, 2.45) is 12.8 Å². The molecule has 2 aromatic rings. The molecule has 1 aromatic carbocycles. The van der Waals surface area contributed by atoms with Gasteiger partial charge in [0.15, 0.2) is 0 Å². The summed E-state index contributed by atoms with van der Waals surface area (Å²) in [6.07, 6.45) is 2.65. The first-order valence-electron chi connectivity index (χ1n) is 6.25. The molecule has 0 bridgehead atoms. The van der Waals surface area contributed by atoms with Crippen molar-refractivity contribution in [1.29, 1.82) is 0 Å². The lowest BCUT2D eigenvalue weighted by Crippen LogP contribution is -2.17. The number of nitrogens with zero attached hydrogens (tertiary/aromatic N) is 2. The lowest BCUT2D eigenvalue weighted by molar-refractivity contribution is -0.116. The van der Waals surface area contributed by atoms with Gasteiger partial charge in [0.2, 0.25) is 5.91 Å². The van der Waals surface area contributed by atoms with Gasteiger partial charge in [-0.1, -0.05) is 30.3 Å². The summed E-state index contributed by atoms with van der Waals surface area (Å²) >= 11 is 0. The van der Waals surface area contributed by atoms with Gasteiger partial charge in [0, 0.05) is 25.6 Å². The zero-order valence-corrected chi connectivity index (χ0v) is 10.9. The highest BCUT2D eigenvalue weighted by Crippen LogP contribution is 2.15. The van der Waals surface area contributed by atoms with Gasteiger partial charge in [-0.05, 0) is 12.0 Å². The number of nitrogens with two attached hydrogens (primary N) is 1. The Kier molecular flexibility index (Phi) is 4.30. The Morgan fingerprint density at radius 3 is 2.74 bits per heavy atom. The summed E-state index contributed by atoms with van der Waals surface area (Å²) in [6, 6.07) is 11.4. The third-order valence-corrected chi connectivity index (χ3v) is 3.00. The maximum Gasteiger partial charge on any atom is 0.225 e. The minimum absolute atomic E-state index is 0.0463. The van der Waals surface area contributed by atoms with E-state index in [-0.39, 0.29) is 11.9 Å². The molecule has 100 valence electrons. The van der Waals surface area contributed by atoms with Gasteiger partial charge in [0.25, 0.3) is 0 Å². The van der Waals surface area contributed by atoms with E-state index in [2.05, 4.69) is 10.4 Å². The summed E-state index contributed by atoms with van der Waals surface area (Å²) in [5.41, 5.74) is 7.10. The Morgan fingerprint density at radius 2 is 2.11 bits per heavy atom. The Labute approximate surface area is 112 Å². The van der Waals surface area contributed by atoms with Crippen LogP contribution in [0.4, 0.5) is 5.82 Å². The molecule has 0 aliphatic carbocycles. The topological polar surface area (TPSA) is 72.9 Å². The van der Waals surface area contributed by atoms with Gasteiger partial charge in [-0.15, -0.1) is 0 Å². The average Bonchev–Trinajstić information content (AvgIpc) is 2.82. The first-order valence-corrected chi connectivity index (χ1v) is 6.25. The van der Waals surface area contributed by atoms with Crippen LogP contribution >= 0.6 is 0 Å². The predicted molar refractivity (Wildman–Crippen MR) is 74.4 cm³/mol. The van der Waals surface area contributed by atoms with Crippen LogP contribution in [0.3, 0.4) is 0 Å². The number of anilines is 1. The molecule has 2 rings (SSSR count). The predicted octanol–water partition coefficient (Wildman–Crippen LogP) is 1.84. The molecule has 1 aromatic heterocycles. The molecule has 0 saturated carbocycles. The van der Waals surface area contributed by atoms with E-state index in [1.54, 1.807) is 24.0 Å². The maximum absolute atomic E-state index is 11.8. The molecule has 0 aliphatic rings. The van der Waals surface area contributed by atoms with E-state index in [0.29, 0.717) is 18.7 Å². The van der Waals surface area contributed by atoms with E-state index in [1.807, 2.05) is 30.3 Å². The highest BCUT2D eigenvalue weighted by atomic mass is 16.1. The van der Waals surface area contributed by atoms with Crippen LogP contribution in [0.15, 0.2) is 42.6 Å². The maximum atomic E-state index is 11.8. The lowest BCUT2D eigenvalue weighted by Gasteiger charge is -2.11. The zero-order chi connectivity index (χ0) is 13.7. The molecule has 19 heavy (non-hydrogen) atoms. The first-order chi connectivity index (χ1) is 9.16. The van der Waals surface area contributed by atoms with E-state index in [9.17, 15) is 4.79 Å². The number of aromatic nitrogens is 2. The van der Waals surface area contributed by atoms with Crippen LogP contribution < -0.4 is 11.1 Å². The van der Waals surface area contributed by atoms with Crippen LogP contribution in [0.1, 0.15) is 24.4 Å². The zero-order valence-electron chi connectivity index (χ0n) is 10.9. The molecule has 0 saturated heterocycles. The van der Waals surface area contributed by atoms with Crippen molar-refractivity contribution in [3.63, 3.8) is 0 Å². The third-order valence-electron chi connectivity index (χ3n) is 3.00. The van der Waals surface area contributed by atoms with Crippen molar-refractivity contribution in [2.45, 2.75) is 18.9 Å². The van der Waals surface area contributed by atoms with E-state index < -0.39 is 0 Å². The van der Waals surface area contributed by atoms with Crippen molar-refractivity contribution in [3.05, 3.63) is 48.2 Å². The van der Waals surface area contributed by atoms with Crippen LogP contribution in [0.2, 0.25) is 0 Å². The van der Waals surface area contributed by atoms with Crippen molar-refractivity contribution >= 4 is 11.7 Å². The fourth-order valence-corrected chi connectivity index (χ4v) is 1.86. The van der Waals surface area contributed by atoms with Gasteiger partial charge in [-0.25, -0.2) is 0 Å². The van der Waals surface area contributed by atoms with Crippen LogP contribution in [0.5, 0.6) is 0 Å². The minimum Gasteiger partial charge on any atom is -0.324 e. The fourth-order valence-electron chi connectivity index (χ4n) is 1.86. The number of hydrogen-bond donors (Lipinski definition) is 2. The van der Waals surface area contributed by atoms with Gasteiger partial charge < -0.3 is 11.1 Å². The molecule has 0 spiro atoms. The number of benzene rings is 1. The fraction of sp³-hybridized carbons (Fsp3) is 0.286. The average molecular weight is 258 g/mol. The normalized spacial score (nSPS) is 12.1. The smallest absolute Gasteiger partial charge is 0.225 e. The van der Waals surface area contributed by atoms with Gasteiger partial charge in [0.05, 0.1) is 6.20 Å². The lowest BCUT2D eigenvalue weighted by atomic mass is 10.0. The molecular formula is C14H18N4O. The number of carbonyl (C=O) groups is 1. The molecule has 1 unspecified atom stereocenters. The number of carbonyl (C=O) groups excluding carboxylic acids is 1. The van der Waals surface area contributed by atoms with E-state index in [1.165, 1.54) is 0 Å². The van der Waals surface area contributed by atoms with Crippen LogP contribution in [-0.2, 0) is 11.8 Å². The minimum atomic E-state index is -0.113. The highest BCUT2D eigenvalue weighted by molar-refractivity contribution is 5.89. The summed E-state index contributed by atoms with van der Waals surface area (Å²) in [6.45, 7) is 0. The standard InChI is InChI=1S/C14H18N4O/c1-18-13(9-10-16-18)17-14(19)8-7-12(15)11-5-3-2-4-6-11/h2-6,9-10,12H,7-8,15H2,1H3,(H,17,19). The summed E-state index contributed by atoms with van der Waals surface area (Å²) in [4.78, 5) is 11.8. The molecule has 0 radical (unpaired) electrons. The van der Waals surface area contributed by atoms with Gasteiger partial charge in [-0.2, -0.15) is 5.10 Å². The van der Waals surface area contributed by atoms with Crippen LogP contribution in [-0.4, -0.2) is 15.7 Å². The highest BCUT2D eigenvalue weighted by Gasteiger charge is 2.10. The number of nitrogens with one attached hydrogen (secondary N) is 1. The van der Waals surface area contributed by atoms with Crippen molar-refractivity contribution < 1.29 is 4.79 Å². The van der Waals surface area contributed by atoms with Crippen LogP contribution in [0.25, 0.3) is 0 Å². The molecule has 0 aliphatic heterocycles. The summed E-state index contributed by atoms with van der Waals surface area (Å²) in [7, 11) is 1.78. The van der Waals surface area contributed by atoms with Crippen molar-refractivity contribution in [2.75, 3.05) is 5.32 Å². The van der Waals surface area contributed by atoms with Gasteiger partial charge >= 0.3 is 0 Å². The molecule has 5 heteroatoms. The quantitative estimate of drug-likeness (QED) is 0.859. The van der Waals surface area contributed by atoms with Crippen molar-refractivity contribution in [1.82, 2.24) is 9.78 Å². The van der Waals surface area contributed by atoms with E-state index >= 15 is 0 Å². The largest absolute Gasteiger partial charge is 0.324 e. The van der Waals surface area contributed by atoms with Gasteiger partial charge in [0.1, 0.15) is 5.82 Å². The Morgan fingerprint density at radius 1 is 1.37 bits per heavy atom. The Bertz CT molecular complexity index is 535. The molecule has 5 nitrogen and oxygen atoms in total. The number of hydrogen-bond acceptors (Lipinski definition) is 3. The summed E-state index contributed by atoms with van der Waals surface area (Å²) < 4.78 is 1.62. The molecular weight excluding hydrogens is 240 g/mol. The second-order valence-electron chi connectivity index (χ2n) is 4.44.